The van der Waals surface area contributed by atoms with Gasteiger partial charge in [-0.25, -0.2) is 4.39 Å². The van der Waals surface area contributed by atoms with Crippen molar-refractivity contribution in [2.75, 3.05) is 50.7 Å². The van der Waals surface area contributed by atoms with Gasteiger partial charge in [-0.2, -0.15) is 0 Å². The fraction of sp³-hybridized carbons (Fsp3) is 0.680. The van der Waals surface area contributed by atoms with E-state index in [2.05, 4.69) is 4.90 Å². The molecule has 1 aliphatic carbocycles. The van der Waals surface area contributed by atoms with Crippen molar-refractivity contribution in [2.45, 2.75) is 44.9 Å². The molecule has 176 valence electrons. The van der Waals surface area contributed by atoms with Crippen molar-refractivity contribution < 1.29 is 24.0 Å². The van der Waals surface area contributed by atoms with Crippen molar-refractivity contribution in [1.29, 1.82) is 0 Å². The molecule has 0 aromatic heterocycles. The molecule has 6 nitrogen and oxygen atoms in total. The van der Waals surface area contributed by atoms with Gasteiger partial charge in [0, 0.05) is 37.1 Å². The Hall–Kier alpha value is -2.15. The van der Waals surface area contributed by atoms with Crippen LogP contribution in [0, 0.1) is 23.6 Å². The van der Waals surface area contributed by atoms with E-state index < -0.39 is 5.97 Å². The number of nitrogens with zero attached hydrogens (tertiary/aromatic N) is 2. The SMILES string of the molecule is O=C([O-])C[C@@H]1CCN(C(=O)C2CCCC2)C[C@@H]1CC[NH+]1CCN(c2ccc(F)cc2)CC1. The Balaban J connectivity index is 1.29. The number of benzene rings is 1. The first-order chi connectivity index (χ1) is 15.5. The van der Waals surface area contributed by atoms with Gasteiger partial charge < -0.3 is 24.6 Å². The normalized spacial score (nSPS) is 25.3. The van der Waals surface area contributed by atoms with Crippen LogP contribution in [0.4, 0.5) is 10.1 Å². The van der Waals surface area contributed by atoms with Crippen molar-refractivity contribution in [1.82, 2.24) is 4.90 Å². The number of likely N-dealkylation sites (tertiary alicyclic amines) is 1. The highest BCUT2D eigenvalue weighted by molar-refractivity contribution is 5.79. The molecule has 3 fully saturated rings. The van der Waals surface area contributed by atoms with Crippen LogP contribution >= 0.6 is 0 Å². The summed E-state index contributed by atoms with van der Waals surface area (Å²) < 4.78 is 13.2. The van der Waals surface area contributed by atoms with E-state index >= 15 is 0 Å². The Morgan fingerprint density at radius 3 is 2.34 bits per heavy atom. The Bertz CT molecular complexity index is 773. The van der Waals surface area contributed by atoms with Crippen molar-refractivity contribution in [2.24, 2.45) is 17.8 Å². The van der Waals surface area contributed by atoms with Gasteiger partial charge in [-0.05, 0) is 61.8 Å². The number of piperazine rings is 1. The summed E-state index contributed by atoms with van der Waals surface area (Å²) in [4.78, 5) is 30.1. The number of hydrogen-bond donors (Lipinski definition) is 1. The van der Waals surface area contributed by atoms with E-state index in [1.165, 1.54) is 17.0 Å². The number of amides is 1. The van der Waals surface area contributed by atoms with Crippen LogP contribution in [0.1, 0.15) is 44.9 Å². The minimum absolute atomic E-state index is 0.101. The molecule has 1 saturated carbocycles. The molecular weight excluding hydrogens is 409 g/mol. The average molecular weight is 446 g/mol. The number of halogens is 1. The minimum atomic E-state index is -0.976. The number of nitrogens with one attached hydrogen (secondary N) is 1. The maximum absolute atomic E-state index is 13.2. The van der Waals surface area contributed by atoms with Crippen LogP contribution in [0.15, 0.2) is 24.3 Å². The zero-order valence-corrected chi connectivity index (χ0v) is 18.9. The highest BCUT2D eigenvalue weighted by Gasteiger charge is 2.35. The minimum Gasteiger partial charge on any atom is -0.550 e. The third kappa shape index (κ3) is 5.80. The van der Waals surface area contributed by atoms with Gasteiger partial charge in [-0.15, -0.1) is 0 Å². The van der Waals surface area contributed by atoms with Gasteiger partial charge in [-0.3, -0.25) is 4.79 Å². The Morgan fingerprint density at radius 2 is 1.69 bits per heavy atom. The summed E-state index contributed by atoms with van der Waals surface area (Å²) >= 11 is 0. The second-order valence-electron chi connectivity index (χ2n) is 9.90. The molecule has 2 aliphatic heterocycles. The van der Waals surface area contributed by atoms with Crippen LogP contribution in [0.3, 0.4) is 0 Å². The van der Waals surface area contributed by atoms with E-state index in [4.69, 9.17) is 0 Å². The summed E-state index contributed by atoms with van der Waals surface area (Å²) in [5.41, 5.74) is 1.06. The van der Waals surface area contributed by atoms with E-state index in [-0.39, 0.29) is 30.0 Å². The first kappa shape index (κ1) is 23.0. The van der Waals surface area contributed by atoms with Gasteiger partial charge in [0.15, 0.2) is 0 Å². The van der Waals surface area contributed by atoms with Crippen molar-refractivity contribution >= 4 is 17.6 Å². The molecule has 0 radical (unpaired) electrons. The molecular formula is C25H36FN3O3. The van der Waals surface area contributed by atoms with Crippen LogP contribution in [-0.4, -0.2) is 62.6 Å². The van der Waals surface area contributed by atoms with E-state index in [0.717, 1.165) is 76.9 Å². The highest BCUT2D eigenvalue weighted by atomic mass is 19.1. The van der Waals surface area contributed by atoms with Gasteiger partial charge in [0.05, 0.1) is 32.7 Å². The van der Waals surface area contributed by atoms with E-state index in [0.29, 0.717) is 19.0 Å². The van der Waals surface area contributed by atoms with Gasteiger partial charge in [0.25, 0.3) is 0 Å². The van der Waals surface area contributed by atoms with Crippen LogP contribution in [-0.2, 0) is 9.59 Å². The Kier molecular flexibility index (Phi) is 7.66. The van der Waals surface area contributed by atoms with Crippen LogP contribution in [0.5, 0.6) is 0 Å². The fourth-order valence-electron chi connectivity index (χ4n) is 5.89. The van der Waals surface area contributed by atoms with Gasteiger partial charge >= 0.3 is 0 Å². The van der Waals surface area contributed by atoms with Crippen molar-refractivity contribution in [3.05, 3.63) is 30.1 Å². The summed E-state index contributed by atoms with van der Waals surface area (Å²) in [6.07, 6.45) is 6.12. The van der Waals surface area contributed by atoms with E-state index in [9.17, 15) is 19.1 Å². The van der Waals surface area contributed by atoms with Crippen LogP contribution in [0.2, 0.25) is 0 Å². The van der Waals surface area contributed by atoms with Gasteiger partial charge in [-0.1, -0.05) is 12.8 Å². The lowest BCUT2D eigenvalue weighted by Gasteiger charge is -2.41. The molecule has 1 amide bonds. The third-order valence-corrected chi connectivity index (χ3v) is 7.87. The molecule has 2 saturated heterocycles. The lowest BCUT2D eigenvalue weighted by molar-refractivity contribution is -0.901. The average Bonchev–Trinajstić information content (AvgIpc) is 3.33. The zero-order valence-electron chi connectivity index (χ0n) is 18.9. The smallest absolute Gasteiger partial charge is 0.225 e. The third-order valence-electron chi connectivity index (χ3n) is 7.87. The first-order valence-corrected chi connectivity index (χ1v) is 12.3. The molecule has 3 aliphatic rings. The molecule has 0 bridgehead atoms. The van der Waals surface area contributed by atoms with Crippen LogP contribution in [0.25, 0.3) is 0 Å². The molecule has 0 spiro atoms. The topological polar surface area (TPSA) is 68.1 Å². The number of piperidine rings is 1. The predicted molar refractivity (Wildman–Crippen MR) is 119 cm³/mol. The standard InChI is InChI=1S/C25H36FN3O3/c26-22-5-7-23(8-6-22)28-15-13-27(14-16-28)11-9-21-18-29(12-10-20(21)17-24(30)31)25(32)19-3-1-2-4-19/h5-8,19-21H,1-4,9-18H2,(H,30,31)/t20-,21-/m0/s1. The molecule has 2 atom stereocenters. The number of hydrogen-bond acceptors (Lipinski definition) is 4. The number of quaternary nitrogens is 1. The summed E-state index contributed by atoms with van der Waals surface area (Å²) in [5.74, 6) is -0.381. The maximum Gasteiger partial charge on any atom is 0.225 e. The second kappa shape index (κ2) is 10.6. The van der Waals surface area contributed by atoms with Crippen molar-refractivity contribution in [3.8, 4) is 0 Å². The first-order valence-electron chi connectivity index (χ1n) is 12.3. The number of carboxylic acids is 1. The van der Waals surface area contributed by atoms with Crippen LogP contribution < -0.4 is 14.9 Å². The highest BCUT2D eigenvalue weighted by Crippen LogP contribution is 2.32. The largest absolute Gasteiger partial charge is 0.550 e. The summed E-state index contributed by atoms with van der Waals surface area (Å²) in [6.45, 7) is 6.27. The van der Waals surface area contributed by atoms with Gasteiger partial charge in [0.2, 0.25) is 5.91 Å². The monoisotopic (exact) mass is 445 g/mol. The second-order valence-corrected chi connectivity index (χ2v) is 9.90. The zero-order chi connectivity index (χ0) is 22.5. The molecule has 7 heteroatoms. The van der Waals surface area contributed by atoms with E-state index in [1.807, 2.05) is 17.0 Å². The van der Waals surface area contributed by atoms with Gasteiger partial charge in [0.1, 0.15) is 5.82 Å². The predicted octanol–water partition coefficient (Wildman–Crippen LogP) is 0.716. The molecule has 1 N–H and O–H groups in total. The van der Waals surface area contributed by atoms with Crippen molar-refractivity contribution in [3.63, 3.8) is 0 Å². The summed E-state index contributed by atoms with van der Waals surface area (Å²) in [5, 5.41) is 11.3. The van der Waals surface area contributed by atoms with E-state index in [1.54, 1.807) is 0 Å². The molecule has 1 aromatic rings. The molecule has 0 unspecified atom stereocenters. The number of rotatable bonds is 7. The molecule has 4 rings (SSSR count). The number of carbonyl (C=O) groups excluding carboxylic acids is 2. The number of aliphatic carboxylic acids is 1. The fourth-order valence-corrected chi connectivity index (χ4v) is 5.89. The summed E-state index contributed by atoms with van der Waals surface area (Å²) in [7, 11) is 0. The molecule has 32 heavy (non-hydrogen) atoms. The quantitative estimate of drug-likeness (QED) is 0.672. The Morgan fingerprint density at radius 1 is 1.00 bits per heavy atom. The summed E-state index contributed by atoms with van der Waals surface area (Å²) in [6, 6.07) is 6.69. The molecule has 1 aromatic carbocycles. The lowest BCUT2D eigenvalue weighted by Crippen LogP contribution is -3.15. The molecule has 2 heterocycles. The maximum atomic E-state index is 13.2. The number of anilines is 1. The number of carbonyl (C=O) groups is 2. The number of carboxylic acid groups (broad SMARTS) is 1. The lowest BCUT2D eigenvalue weighted by atomic mass is 9.80. The Labute approximate surface area is 190 Å².